The molecule has 0 aromatic heterocycles. The number of carbonyl (C=O) groups is 1. The van der Waals surface area contributed by atoms with E-state index in [1.165, 1.54) is 0 Å². The smallest absolute Gasteiger partial charge is 0.261 e. The van der Waals surface area contributed by atoms with Crippen molar-refractivity contribution in [2.45, 2.75) is 65.7 Å². The molecule has 0 bridgehead atoms. The molecular formula is C23H29NO3. The molecule has 2 aromatic carbocycles. The van der Waals surface area contributed by atoms with Gasteiger partial charge in [0.05, 0.1) is 6.04 Å². The minimum Gasteiger partial charge on any atom is -0.487 e. The normalized spacial score (nSPS) is 18.8. The number of carbonyl (C=O) groups excluding carboxylic acids is 1. The van der Waals surface area contributed by atoms with Crippen molar-refractivity contribution in [2.24, 2.45) is 0 Å². The fourth-order valence-electron chi connectivity index (χ4n) is 3.47. The van der Waals surface area contributed by atoms with Gasteiger partial charge in [-0.1, -0.05) is 29.8 Å². The number of hydrogen-bond acceptors (Lipinski definition) is 3. The summed E-state index contributed by atoms with van der Waals surface area (Å²) in [4.78, 5) is 12.8. The Balaban J connectivity index is 1.77. The number of amides is 1. The lowest BCUT2D eigenvalue weighted by atomic mass is 9.89. The highest BCUT2D eigenvalue weighted by Gasteiger charge is 2.35. The second-order valence-electron chi connectivity index (χ2n) is 8.20. The molecule has 0 saturated carbocycles. The van der Waals surface area contributed by atoms with E-state index in [1.807, 2.05) is 65.0 Å². The highest BCUT2D eigenvalue weighted by molar-refractivity contribution is 5.81. The van der Waals surface area contributed by atoms with Gasteiger partial charge < -0.3 is 14.8 Å². The Bertz CT molecular complexity index is 857. The molecule has 4 heteroatoms. The first-order valence-corrected chi connectivity index (χ1v) is 9.48. The SMILES string of the molecule is Cc1ccc(C)c(O[C@@H](C)C(=O)N[C@@H]2CC(C)(C)Oc3ccc(C)cc32)c1. The van der Waals surface area contributed by atoms with Crippen LogP contribution in [0, 0.1) is 20.8 Å². The maximum Gasteiger partial charge on any atom is 0.261 e. The van der Waals surface area contributed by atoms with Crippen LogP contribution in [0.2, 0.25) is 0 Å². The van der Waals surface area contributed by atoms with Crippen molar-refractivity contribution in [3.05, 3.63) is 58.7 Å². The van der Waals surface area contributed by atoms with E-state index in [0.717, 1.165) is 33.8 Å². The molecule has 0 unspecified atom stereocenters. The van der Waals surface area contributed by atoms with E-state index < -0.39 is 6.10 Å². The maximum atomic E-state index is 12.8. The van der Waals surface area contributed by atoms with Crippen molar-refractivity contribution in [1.82, 2.24) is 5.32 Å². The van der Waals surface area contributed by atoms with Crippen LogP contribution in [0.4, 0.5) is 0 Å². The summed E-state index contributed by atoms with van der Waals surface area (Å²) in [6.45, 7) is 11.9. The number of hydrogen-bond donors (Lipinski definition) is 1. The fraction of sp³-hybridized carbons (Fsp3) is 0.435. The molecule has 0 saturated heterocycles. The van der Waals surface area contributed by atoms with Gasteiger partial charge in [-0.05, 0) is 64.8 Å². The zero-order valence-corrected chi connectivity index (χ0v) is 17.1. The standard InChI is InChI=1S/C23H29NO3/c1-14-8-10-20-18(11-14)19(13-23(5,6)27-20)24-22(25)17(4)26-21-12-15(2)7-9-16(21)3/h7-12,17,19H,13H2,1-6H3,(H,24,25)/t17-,19+/m0/s1. The number of rotatable bonds is 4. The van der Waals surface area contributed by atoms with Gasteiger partial charge in [0, 0.05) is 12.0 Å². The first-order valence-electron chi connectivity index (χ1n) is 9.48. The van der Waals surface area contributed by atoms with Gasteiger partial charge in [-0.2, -0.15) is 0 Å². The van der Waals surface area contributed by atoms with E-state index in [9.17, 15) is 4.79 Å². The number of nitrogens with one attached hydrogen (secondary N) is 1. The van der Waals surface area contributed by atoms with E-state index in [4.69, 9.17) is 9.47 Å². The van der Waals surface area contributed by atoms with Gasteiger partial charge in [-0.3, -0.25) is 4.79 Å². The average molecular weight is 367 g/mol. The maximum absolute atomic E-state index is 12.8. The lowest BCUT2D eigenvalue weighted by Crippen LogP contribution is -2.44. The van der Waals surface area contributed by atoms with Gasteiger partial charge >= 0.3 is 0 Å². The third kappa shape index (κ3) is 4.44. The van der Waals surface area contributed by atoms with E-state index >= 15 is 0 Å². The van der Waals surface area contributed by atoms with E-state index in [1.54, 1.807) is 6.92 Å². The largest absolute Gasteiger partial charge is 0.487 e. The van der Waals surface area contributed by atoms with E-state index in [2.05, 4.69) is 11.4 Å². The molecule has 1 heterocycles. The second-order valence-corrected chi connectivity index (χ2v) is 8.20. The van der Waals surface area contributed by atoms with Crippen LogP contribution < -0.4 is 14.8 Å². The van der Waals surface area contributed by atoms with Gasteiger partial charge in [0.1, 0.15) is 17.1 Å². The summed E-state index contributed by atoms with van der Waals surface area (Å²) in [6.07, 6.45) is 0.135. The Morgan fingerprint density at radius 1 is 1.15 bits per heavy atom. The van der Waals surface area contributed by atoms with Crippen LogP contribution in [0.1, 0.15) is 55.5 Å². The summed E-state index contributed by atoms with van der Waals surface area (Å²) < 4.78 is 12.0. The Kier molecular flexibility index (Phi) is 5.18. The molecular weight excluding hydrogens is 338 g/mol. The molecule has 0 spiro atoms. The summed E-state index contributed by atoms with van der Waals surface area (Å²) in [5, 5.41) is 3.17. The molecule has 2 atom stereocenters. The molecule has 2 aromatic rings. The summed E-state index contributed by atoms with van der Waals surface area (Å²) >= 11 is 0. The predicted octanol–water partition coefficient (Wildman–Crippen LogP) is 4.80. The minimum atomic E-state index is -0.579. The number of benzene rings is 2. The third-order valence-electron chi connectivity index (χ3n) is 4.96. The first kappa shape index (κ1) is 19.3. The quantitative estimate of drug-likeness (QED) is 0.844. The van der Waals surface area contributed by atoms with Crippen molar-refractivity contribution in [1.29, 1.82) is 0 Å². The van der Waals surface area contributed by atoms with Crippen LogP contribution in [-0.4, -0.2) is 17.6 Å². The van der Waals surface area contributed by atoms with Gasteiger partial charge in [0.2, 0.25) is 0 Å². The van der Waals surface area contributed by atoms with Crippen molar-refractivity contribution in [2.75, 3.05) is 0 Å². The molecule has 0 fully saturated rings. The van der Waals surface area contributed by atoms with Gasteiger partial charge in [0.15, 0.2) is 6.10 Å². The minimum absolute atomic E-state index is 0.0965. The topological polar surface area (TPSA) is 47.6 Å². The molecule has 0 radical (unpaired) electrons. The summed E-state index contributed by atoms with van der Waals surface area (Å²) in [5.74, 6) is 1.47. The Hall–Kier alpha value is -2.49. The first-order chi connectivity index (χ1) is 12.6. The van der Waals surface area contributed by atoms with Gasteiger partial charge in [-0.25, -0.2) is 0 Å². The highest BCUT2D eigenvalue weighted by atomic mass is 16.5. The highest BCUT2D eigenvalue weighted by Crippen LogP contribution is 2.40. The molecule has 1 aliphatic rings. The number of fused-ring (bicyclic) bond motifs is 1. The van der Waals surface area contributed by atoms with Crippen LogP contribution in [0.3, 0.4) is 0 Å². The van der Waals surface area contributed by atoms with Crippen LogP contribution in [0.25, 0.3) is 0 Å². The van der Waals surface area contributed by atoms with Gasteiger partial charge in [-0.15, -0.1) is 0 Å². The molecule has 3 rings (SSSR count). The molecule has 1 amide bonds. The lowest BCUT2D eigenvalue weighted by molar-refractivity contribution is -0.128. The molecule has 4 nitrogen and oxygen atoms in total. The lowest BCUT2D eigenvalue weighted by Gasteiger charge is -2.38. The molecule has 27 heavy (non-hydrogen) atoms. The molecule has 1 N–H and O–H groups in total. The zero-order valence-electron chi connectivity index (χ0n) is 17.1. The summed E-state index contributed by atoms with van der Waals surface area (Å²) in [5.41, 5.74) is 3.97. The molecule has 0 aliphatic carbocycles. The third-order valence-corrected chi connectivity index (χ3v) is 4.96. The van der Waals surface area contributed by atoms with Crippen LogP contribution in [0.5, 0.6) is 11.5 Å². The Morgan fingerprint density at radius 2 is 1.81 bits per heavy atom. The van der Waals surface area contributed by atoms with E-state index in [-0.39, 0.29) is 17.6 Å². The van der Waals surface area contributed by atoms with Crippen molar-refractivity contribution < 1.29 is 14.3 Å². The number of ether oxygens (including phenoxy) is 2. The predicted molar refractivity (Wildman–Crippen MR) is 107 cm³/mol. The number of aryl methyl sites for hydroxylation is 3. The van der Waals surface area contributed by atoms with Gasteiger partial charge in [0.25, 0.3) is 5.91 Å². The van der Waals surface area contributed by atoms with Crippen molar-refractivity contribution in [3.63, 3.8) is 0 Å². The average Bonchev–Trinajstić information content (AvgIpc) is 2.58. The van der Waals surface area contributed by atoms with Crippen molar-refractivity contribution in [3.8, 4) is 11.5 Å². The zero-order chi connectivity index (χ0) is 19.8. The Labute approximate surface area is 161 Å². The molecule has 144 valence electrons. The molecule has 1 aliphatic heterocycles. The van der Waals surface area contributed by atoms with Crippen LogP contribution in [-0.2, 0) is 4.79 Å². The second kappa shape index (κ2) is 7.26. The summed E-state index contributed by atoms with van der Waals surface area (Å²) in [6, 6.07) is 12.0. The fourth-order valence-corrected chi connectivity index (χ4v) is 3.47. The van der Waals surface area contributed by atoms with Crippen molar-refractivity contribution >= 4 is 5.91 Å². The Morgan fingerprint density at radius 3 is 2.56 bits per heavy atom. The summed E-state index contributed by atoms with van der Waals surface area (Å²) in [7, 11) is 0. The monoisotopic (exact) mass is 367 g/mol. The van der Waals surface area contributed by atoms with Crippen LogP contribution >= 0.6 is 0 Å². The van der Waals surface area contributed by atoms with Crippen LogP contribution in [0.15, 0.2) is 36.4 Å². The van der Waals surface area contributed by atoms with E-state index in [0.29, 0.717) is 6.42 Å².